The molecular formula is C14H20N2O3S. The van der Waals surface area contributed by atoms with Crippen molar-refractivity contribution in [2.75, 3.05) is 19.3 Å². The van der Waals surface area contributed by atoms with Gasteiger partial charge in [0.2, 0.25) is 0 Å². The van der Waals surface area contributed by atoms with Gasteiger partial charge < -0.3 is 10.6 Å². The number of carbonyl (C=O) groups is 1. The van der Waals surface area contributed by atoms with Gasteiger partial charge in [-0.25, -0.2) is 8.42 Å². The largest absolute Gasteiger partial charge is 0.335 e. The maximum Gasteiger partial charge on any atom is 0.253 e. The summed E-state index contributed by atoms with van der Waals surface area (Å²) in [5.41, 5.74) is 6.35. The van der Waals surface area contributed by atoms with E-state index in [0.717, 1.165) is 6.26 Å². The topological polar surface area (TPSA) is 80.5 Å². The summed E-state index contributed by atoms with van der Waals surface area (Å²) in [6, 6.07) is 6.01. The molecule has 1 aliphatic heterocycles. The van der Waals surface area contributed by atoms with Gasteiger partial charge in [-0.1, -0.05) is 13.8 Å². The minimum atomic E-state index is -3.23. The fraction of sp³-hybridized carbons (Fsp3) is 0.500. The highest BCUT2D eigenvalue weighted by atomic mass is 32.2. The van der Waals surface area contributed by atoms with Crippen molar-refractivity contribution in [1.82, 2.24) is 4.90 Å². The number of rotatable bonds is 3. The van der Waals surface area contributed by atoms with Crippen molar-refractivity contribution in [3.8, 4) is 0 Å². The Bertz CT molecular complexity index is 614. The maximum absolute atomic E-state index is 12.2. The molecule has 5 nitrogen and oxygen atoms in total. The first-order valence-electron chi connectivity index (χ1n) is 6.52. The highest BCUT2D eigenvalue weighted by Crippen LogP contribution is 2.27. The molecule has 2 rings (SSSR count). The first-order chi connectivity index (χ1) is 9.13. The molecule has 0 atom stereocenters. The van der Waals surface area contributed by atoms with Crippen molar-refractivity contribution < 1.29 is 13.2 Å². The van der Waals surface area contributed by atoms with E-state index in [1.807, 2.05) is 13.8 Å². The van der Waals surface area contributed by atoms with E-state index in [1.54, 1.807) is 17.0 Å². The predicted octanol–water partition coefficient (Wildman–Crippen LogP) is 0.899. The average molecular weight is 296 g/mol. The van der Waals surface area contributed by atoms with Crippen LogP contribution in [0.15, 0.2) is 29.2 Å². The number of benzene rings is 1. The number of amides is 1. The quantitative estimate of drug-likeness (QED) is 0.898. The second kappa shape index (κ2) is 4.86. The van der Waals surface area contributed by atoms with Crippen LogP contribution in [0.2, 0.25) is 0 Å². The molecule has 1 aromatic carbocycles. The van der Waals surface area contributed by atoms with Crippen molar-refractivity contribution in [2.24, 2.45) is 11.7 Å². The number of nitrogens with zero attached hydrogens (tertiary/aromatic N) is 1. The van der Waals surface area contributed by atoms with Crippen LogP contribution in [-0.4, -0.2) is 44.1 Å². The van der Waals surface area contributed by atoms with Gasteiger partial charge in [0.25, 0.3) is 5.91 Å². The van der Waals surface area contributed by atoms with Gasteiger partial charge in [0.05, 0.1) is 10.4 Å². The molecule has 20 heavy (non-hydrogen) atoms. The van der Waals surface area contributed by atoms with Crippen LogP contribution in [0.25, 0.3) is 0 Å². The van der Waals surface area contributed by atoms with Gasteiger partial charge in [0, 0.05) is 24.9 Å². The molecule has 0 unspecified atom stereocenters. The van der Waals surface area contributed by atoms with E-state index in [0.29, 0.717) is 24.6 Å². The molecule has 1 heterocycles. The Morgan fingerprint density at radius 2 is 1.75 bits per heavy atom. The third-order valence-electron chi connectivity index (χ3n) is 3.94. The molecule has 1 amide bonds. The zero-order valence-electron chi connectivity index (χ0n) is 12.0. The third-order valence-corrected chi connectivity index (χ3v) is 5.07. The van der Waals surface area contributed by atoms with Crippen LogP contribution < -0.4 is 5.73 Å². The van der Waals surface area contributed by atoms with Crippen LogP contribution in [0.3, 0.4) is 0 Å². The van der Waals surface area contributed by atoms with E-state index in [-0.39, 0.29) is 16.3 Å². The summed E-state index contributed by atoms with van der Waals surface area (Å²) in [6.45, 7) is 5.17. The van der Waals surface area contributed by atoms with Gasteiger partial charge in [-0.15, -0.1) is 0 Å². The molecule has 110 valence electrons. The Balaban J connectivity index is 2.09. The SMILES string of the molecule is CC(C)C1(N)CN(C(=O)c2ccc(S(C)(=O)=O)cc2)C1. The first kappa shape index (κ1) is 15.0. The first-order valence-corrected chi connectivity index (χ1v) is 8.41. The summed E-state index contributed by atoms with van der Waals surface area (Å²) in [4.78, 5) is 14.1. The number of nitrogens with two attached hydrogens (primary N) is 1. The Kier molecular flexibility index (Phi) is 3.64. The average Bonchev–Trinajstić information content (AvgIpc) is 2.33. The number of hydrogen-bond donors (Lipinski definition) is 1. The van der Waals surface area contributed by atoms with E-state index in [9.17, 15) is 13.2 Å². The Labute approximate surface area is 119 Å². The Morgan fingerprint density at radius 1 is 1.25 bits per heavy atom. The predicted molar refractivity (Wildman–Crippen MR) is 77.2 cm³/mol. The number of sulfone groups is 1. The van der Waals surface area contributed by atoms with Gasteiger partial charge in [-0.3, -0.25) is 4.79 Å². The summed E-state index contributed by atoms with van der Waals surface area (Å²) < 4.78 is 22.7. The van der Waals surface area contributed by atoms with Crippen molar-refractivity contribution in [2.45, 2.75) is 24.3 Å². The normalized spacial score (nSPS) is 17.9. The van der Waals surface area contributed by atoms with E-state index < -0.39 is 9.84 Å². The van der Waals surface area contributed by atoms with Crippen molar-refractivity contribution in [1.29, 1.82) is 0 Å². The third kappa shape index (κ3) is 2.71. The lowest BCUT2D eigenvalue weighted by molar-refractivity contribution is 0.0275. The Hall–Kier alpha value is -1.40. The molecule has 1 aliphatic rings. The Morgan fingerprint density at radius 3 is 2.15 bits per heavy atom. The lowest BCUT2D eigenvalue weighted by atomic mass is 9.80. The van der Waals surface area contributed by atoms with E-state index >= 15 is 0 Å². The van der Waals surface area contributed by atoms with E-state index in [1.165, 1.54) is 12.1 Å². The smallest absolute Gasteiger partial charge is 0.253 e. The van der Waals surface area contributed by atoms with Gasteiger partial charge >= 0.3 is 0 Å². The summed E-state index contributed by atoms with van der Waals surface area (Å²) in [5, 5.41) is 0. The molecule has 0 bridgehead atoms. The van der Waals surface area contributed by atoms with Gasteiger partial charge in [-0.2, -0.15) is 0 Å². The van der Waals surface area contributed by atoms with Crippen LogP contribution in [0.1, 0.15) is 24.2 Å². The van der Waals surface area contributed by atoms with Gasteiger partial charge in [0.1, 0.15) is 0 Å². The zero-order chi connectivity index (χ0) is 15.1. The van der Waals surface area contributed by atoms with E-state index in [2.05, 4.69) is 0 Å². The minimum Gasteiger partial charge on any atom is -0.335 e. The fourth-order valence-electron chi connectivity index (χ4n) is 2.20. The molecule has 0 radical (unpaired) electrons. The van der Waals surface area contributed by atoms with Crippen molar-refractivity contribution >= 4 is 15.7 Å². The fourth-order valence-corrected chi connectivity index (χ4v) is 2.83. The van der Waals surface area contributed by atoms with Crippen molar-refractivity contribution in [3.05, 3.63) is 29.8 Å². The minimum absolute atomic E-state index is 0.105. The summed E-state index contributed by atoms with van der Waals surface area (Å²) >= 11 is 0. The summed E-state index contributed by atoms with van der Waals surface area (Å²) in [6.07, 6.45) is 1.14. The monoisotopic (exact) mass is 296 g/mol. The summed E-state index contributed by atoms with van der Waals surface area (Å²) in [7, 11) is -3.23. The van der Waals surface area contributed by atoms with Crippen LogP contribution >= 0.6 is 0 Å². The van der Waals surface area contributed by atoms with Crippen LogP contribution in [0, 0.1) is 5.92 Å². The number of likely N-dealkylation sites (tertiary alicyclic amines) is 1. The second-order valence-corrected chi connectivity index (χ2v) is 7.86. The molecule has 6 heteroatoms. The molecule has 0 aromatic heterocycles. The maximum atomic E-state index is 12.2. The van der Waals surface area contributed by atoms with Crippen LogP contribution in [0.5, 0.6) is 0 Å². The molecule has 1 aromatic rings. The zero-order valence-corrected chi connectivity index (χ0v) is 12.8. The molecule has 0 spiro atoms. The lowest BCUT2D eigenvalue weighted by Gasteiger charge is -2.50. The standard InChI is InChI=1S/C14H20N2O3S/c1-10(2)14(15)8-16(9-14)13(17)11-4-6-12(7-5-11)20(3,18)19/h4-7,10H,8-9,15H2,1-3H3. The summed E-state index contributed by atoms with van der Waals surface area (Å²) in [5.74, 6) is 0.214. The molecule has 2 N–H and O–H groups in total. The molecular weight excluding hydrogens is 276 g/mol. The highest BCUT2D eigenvalue weighted by molar-refractivity contribution is 7.90. The second-order valence-electron chi connectivity index (χ2n) is 5.85. The van der Waals surface area contributed by atoms with Crippen LogP contribution in [-0.2, 0) is 9.84 Å². The van der Waals surface area contributed by atoms with Crippen molar-refractivity contribution in [3.63, 3.8) is 0 Å². The van der Waals surface area contributed by atoms with Gasteiger partial charge in [0.15, 0.2) is 9.84 Å². The highest BCUT2D eigenvalue weighted by Gasteiger charge is 2.44. The molecule has 1 fully saturated rings. The number of carbonyl (C=O) groups excluding carboxylic acids is 1. The number of hydrogen-bond acceptors (Lipinski definition) is 4. The lowest BCUT2D eigenvalue weighted by Crippen LogP contribution is -2.71. The van der Waals surface area contributed by atoms with Gasteiger partial charge in [-0.05, 0) is 30.2 Å². The van der Waals surface area contributed by atoms with Crippen LogP contribution in [0.4, 0.5) is 0 Å². The molecule has 0 aliphatic carbocycles. The van der Waals surface area contributed by atoms with E-state index in [4.69, 9.17) is 5.73 Å². The molecule has 1 saturated heterocycles. The molecule has 0 saturated carbocycles.